The summed E-state index contributed by atoms with van der Waals surface area (Å²) in [4.78, 5) is 9.95. The van der Waals surface area contributed by atoms with Gasteiger partial charge in [-0.15, -0.1) is 0 Å². The fourth-order valence-electron chi connectivity index (χ4n) is 1.79. The zero-order valence-electron chi connectivity index (χ0n) is 9.50. The van der Waals surface area contributed by atoms with Crippen molar-refractivity contribution in [1.29, 1.82) is 0 Å². The first-order valence-corrected chi connectivity index (χ1v) is 6.95. The predicted molar refractivity (Wildman–Crippen MR) is 64.7 cm³/mol. The molecule has 1 aromatic rings. The molecule has 8 heteroatoms. The number of hydrogen-bond donors (Lipinski definition) is 2. The molecule has 1 aromatic carbocycles. The lowest BCUT2D eigenvalue weighted by Crippen LogP contribution is -2.36. The summed E-state index contributed by atoms with van der Waals surface area (Å²) >= 11 is 0. The van der Waals surface area contributed by atoms with Crippen LogP contribution in [0.25, 0.3) is 0 Å². The normalized spacial score (nSPS) is 19.9. The Hall–Kier alpha value is -1.51. The molecule has 1 saturated heterocycles. The van der Waals surface area contributed by atoms with E-state index in [1.807, 2.05) is 0 Å². The van der Waals surface area contributed by atoms with E-state index >= 15 is 0 Å². The van der Waals surface area contributed by atoms with Gasteiger partial charge in [-0.3, -0.25) is 10.1 Å². The fourth-order valence-corrected chi connectivity index (χ4v) is 3.06. The molecule has 0 spiro atoms. The monoisotopic (exact) mass is 271 g/mol. The summed E-state index contributed by atoms with van der Waals surface area (Å²) in [7, 11) is -3.60. The maximum atomic E-state index is 12.0. The molecule has 0 unspecified atom stereocenters. The standard InChI is InChI=1S/C10H13N3O4S/c14-13(15)9-1-3-10(4-2-9)18(16,17)12-8-5-6-11-7-8/h1-4,8,11-12H,5-7H2/t8-/m0/s1. The van der Waals surface area contributed by atoms with Crippen LogP contribution in [0.1, 0.15) is 6.42 Å². The summed E-state index contributed by atoms with van der Waals surface area (Å²) in [5.41, 5.74) is -0.128. The third-order valence-electron chi connectivity index (χ3n) is 2.74. The molecule has 2 rings (SSSR count). The quantitative estimate of drug-likeness (QED) is 0.603. The van der Waals surface area contributed by atoms with Crippen molar-refractivity contribution in [2.75, 3.05) is 13.1 Å². The lowest BCUT2D eigenvalue weighted by Gasteiger charge is -2.11. The number of nitro groups is 1. The van der Waals surface area contributed by atoms with Crippen LogP contribution in [0.5, 0.6) is 0 Å². The van der Waals surface area contributed by atoms with Gasteiger partial charge in [0.2, 0.25) is 10.0 Å². The SMILES string of the molecule is O=[N+]([O-])c1ccc(S(=O)(=O)N[C@H]2CCNC2)cc1. The van der Waals surface area contributed by atoms with E-state index in [0.717, 1.165) is 13.0 Å². The molecule has 0 saturated carbocycles. The van der Waals surface area contributed by atoms with Crippen LogP contribution in [-0.2, 0) is 10.0 Å². The largest absolute Gasteiger partial charge is 0.315 e. The van der Waals surface area contributed by atoms with E-state index in [-0.39, 0.29) is 16.6 Å². The molecule has 0 amide bonds. The van der Waals surface area contributed by atoms with Gasteiger partial charge in [0.15, 0.2) is 0 Å². The number of benzene rings is 1. The van der Waals surface area contributed by atoms with Crippen LogP contribution in [0.2, 0.25) is 0 Å². The van der Waals surface area contributed by atoms with Crippen LogP contribution >= 0.6 is 0 Å². The highest BCUT2D eigenvalue weighted by Gasteiger charge is 2.23. The molecule has 0 bridgehead atoms. The number of rotatable bonds is 4. The Morgan fingerprint density at radius 3 is 2.50 bits per heavy atom. The van der Waals surface area contributed by atoms with E-state index in [9.17, 15) is 18.5 Å². The Bertz CT molecular complexity index is 535. The van der Waals surface area contributed by atoms with E-state index in [2.05, 4.69) is 10.0 Å². The van der Waals surface area contributed by atoms with Crippen LogP contribution in [0.4, 0.5) is 5.69 Å². The Balaban J connectivity index is 2.16. The van der Waals surface area contributed by atoms with Gasteiger partial charge in [-0.05, 0) is 25.1 Å². The molecule has 1 heterocycles. The zero-order valence-corrected chi connectivity index (χ0v) is 10.3. The first kappa shape index (κ1) is 12.9. The minimum absolute atomic E-state index is 0.0417. The lowest BCUT2D eigenvalue weighted by atomic mass is 10.3. The minimum atomic E-state index is -3.60. The summed E-state index contributed by atoms with van der Waals surface area (Å²) in [6.07, 6.45) is 0.742. The molecule has 0 aromatic heterocycles. The van der Waals surface area contributed by atoms with Crippen LogP contribution in [0.15, 0.2) is 29.2 Å². The number of non-ortho nitro benzene ring substituents is 1. The van der Waals surface area contributed by atoms with Crippen LogP contribution in [-0.4, -0.2) is 32.5 Å². The van der Waals surface area contributed by atoms with Crippen LogP contribution < -0.4 is 10.0 Å². The summed E-state index contributed by atoms with van der Waals surface area (Å²) < 4.78 is 26.5. The Morgan fingerprint density at radius 1 is 1.33 bits per heavy atom. The van der Waals surface area contributed by atoms with Crippen LogP contribution in [0, 0.1) is 10.1 Å². The first-order chi connectivity index (χ1) is 8.49. The van der Waals surface area contributed by atoms with Gasteiger partial charge in [0, 0.05) is 24.7 Å². The van der Waals surface area contributed by atoms with Crippen molar-refractivity contribution >= 4 is 15.7 Å². The number of sulfonamides is 1. The average molecular weight is 271 g/mol. The van der Waals surface area contributed by atoms with Crippen molar-refractivity contribution in [2.24, 2.45) is 0 Å². The number of nitro benzene ring substituents is 1. The maximum Gasteiger partial charge on any atom is 0.269 e. The summed E-state index contributed by atoms with van der Waals surface area (Å²) in [5, 5.41) is 13.5. The van der Waals surface area contributed by atoms with E-state index in [4.69, 9.17) is 0 Å². The van der Waals surface area contributed by atoms with Crippen molar-refractivity contribution in [3.8, 4) is 0 Å². The Labute approximate surface area is 104 Å². The zero-order chi connectivity index (χ0) is 13.2. The Morgan fingerprint density at radius 2 is 2.00 bits per heavy atom. The Kier molecular flexibility index (Phi) is 3.60. The second-order valence-electron chi connectivity index (χ2n) is 4.06. The molecular weight excluding hydrogens is 258 g/mol. The topological polar surface area (TPSA) is 101 Å². The molecule has 7 nitrogen and oxygen atoms in total. The highest BCUT2D eigenvalue weighted by molar-refractivity contribution is 7.89. The molecule has 1 aliphatic heterocycles. The smallest absolute Gasteiger partial charge is 0.269 e. The van der Waals surface area contributed by atoms with E-state index in [0.29, 0.717) is 6.54 Å². The third-order valence-corrected chi connectivity index (χ3v) is 4.28. The second kappa shape index (κ2) is 5.01. The number of nitrogens with one attached hydrogen (secondary N) is 2. The molecule has 1 atom stereocenters. The molecule has 0 aliphatic carbocycles. The molecule has 2 N–H and O–H groups in total. The first-order valence-electron chi connectivity index (χ1n) is 5.46. The second-order valence-corrected chi connectivity index (χ2v) is 5.78. The molecule has 1 aliphatic rings. The van der Waals surface area contributed by atoms with Gasteiger partial charge >= 0.3 is 0 Å². The van der Waals surface area contributed by atoms with Crippen molar-refractivity contribution in [1.82, 2.24) is 10.0 Å². The molecule has 1 fully saturated rings. The average Bonchev–Trinajstić information content (AvgIpc) is 2.81. The van der Waals surface area contributed by atoms with Gasteiger partial charge in [-0.2, -0.15) is 0 Å². The van der Waals surface area contributed by atoms with Crippen molar-refractivity contribution < 1.29 is 13.3 Å². The molecule has 98 valence electrons. The van der Waals surface area contributed by atoms with E-state index < -0.39 is 14.9 Å². The summed E-state index contributed by atoms with van der Waals surface area (Å²) in [5.74, 6) is 0. The van der Waals surface area contributed by atoms with Gasteiger partial charge in [0.05, 0.1) is 9.82 Å². The molecule has 0 radical (unpaired) electrons. The fraction of sp³-hybridized carbons (Fsp3) is 0.400. The van der Waals surface area contributed by atoms with Crippen molar-refractivity contribution in [3.05, 3.63) is 34.4 Å². The van der Waals surface area contributed by atoms with Crippen LogP contribution in [0.3, 0.4) is 0 Å². The third kappa shape index (κ3) is 2.84. The minimum Gasteiger partial charge on any atom is -0.315 e. The molecular formula is C10H13N3O4S. The van der Waals surface area contributed by atoms with Gasteiger partial charge < -0.3 is 5.32 Å². The molecule has 18 heavy (non-hydrogen) atoms. The van der Waals surface area contributed by atoms with Gasteiger partial charge in [0.25, 0.3) is 5.69 Å². The van der Waals surface area contributed by atoms with Crippen molar-refractivity contribution in [3.63, 3.8) is 0 Å². The van der Waals surface area contributed by atoms with Gasteiger partial charge in [-0.25, -0.2) is 13.1 Å². The van der Waals surface area contributed by atoms with E-state index in [1.54, 1.807) is 0 Å². The lowest BCUT2D eigenvalue weighted by molar-refractivity contribution is -0.384. The number of hydrogen-bond acceptors (Lipinski definition) is 5. The highest BCUT2D eigenvalue weighted by atomic mass is 32.2. The number of nitrogens with zero attached hydrogens (tertiary/aromatic N) is 1. The van der Waals surface area contributed by atoms with E-state index in [1.165, 1.54) is 24.3 Å². The van der Waals surface area contributed by atoms with Crippen molar-refractivity contribution in [2.45, 2.75) is 17.4 Å². The van der Waals surface area contributed by atoms with Gasteiger partial charge in [-0.1, -0.05) is 0 Å². The highest BCUT2D eigenvalue weighted by Crippen LogP contribution is 2.16. The predicted octanol–water partition coefficient (Wildman–Crippen LogP) is 0.235. The van der Waals surface area contributed by atoms with Gasteiger partial charge in [0.1, 0.15) is 0 Å². The maximum absolute atomic E-state index is 12.0. The summed E-state index contributed by atoms with van der Waals surface area (Å²) in [6.45, 7) is 1.39. The summed E-state index contributed by atoms with van der Waals surface area (Å²) in [6, 6.07) is 4.72.